The van der Waals surface area contributed by atoms with Crippen LogP contribution in [0, 0.1) is 6.92 Å². The Labute approximate surface area is 185 Å². The second kappa shape index (κ2) is 8.94. The standard InChI is InChI=1S/C23H27N5O4/c1-3-32-17(29)13-27-19-18(20(24)30)25-21(15-9-7-8-14(2)12-15)26-22(19)28(23(27)31)16-10-5-4-6-11-16/h7-9,12,16H,3-6,10-11,13H2,1-2H3,(H2,24,30). The molecular weight excluding hydrogens is 410 g/mol. The van der Waals surface area contributed by atoms with Crippen molar-refractivity contribution in [3.05, 3.63) is 46.0 Å². The first-order chi connectivity index (χ1) is 15.4. The number of rotatable bonds is 6. The number of carbonyl (C=O) groups excluding carboxylic acids is 2. The molecule has 2 N–H and O–H groups in total. The largest absolute Gasteiger partial charge is 0.465 e. The minimum absolute atomic E-state index is 0.0665. The minimum atomic E-state index is -0.787. The van der Waals surface area contributed by atoms with Crippen molar-refractivity contribution >= 4 is 23.0 Å². The van der Waals surface area contributed by atoms with E-state index in [0.717, 1.165) is 43.2 Å². The Kier molecular flexibility index (Phi) is 6.07. The monoisotopic (exact) mass is 437 g/mol. The van der Waals surface area contributed by atoms with Crippen LogP contribution >= 0.6 is 0 Å². The second-order valence-electron chi connectivity index (χ2n) is 8.14. The van der Waals surface area contributed by atoms with E-state index in [2.05, 4.69) is 4.98 Å². The van der Waals surface area contributed by atoms with Crippen LogP contribution in [0.2, 0.25) is 0 Å². The van der Waals surface area contributed by atoms with Crippen LogP contribution in [0.25, 0.3) is 22.6 Å². The van der Waals surface area contributed by atoms with Crippen LogP contribution in [0.1, 0.15) is 61.1 Å². The third-order valence-electron chi connectivity index (χ3n) is 5.84. The SMILES string of the molecule is CCOC(=O)Cn1c(=O)n(C2CCCCC2)c2nc(-c3cccc(C)c3)nc(C(N)=O)c21. The number of primary amides is 1. The normalized spacial score (nSPS) is 14.6. The van der Waals surface area contributed by atoms with Gasteiger partial charge in [-0.05, 0) is 32.8 Å². The number of imidazole rings is 1. The van der Waals surface area contributed by atoms with E-state index in [1.165, 1.54) is 4.57 Å². The fraction of sp³-hybridized carbons (Fsp3) is 0.435. The molecule has 0 radical (unpaired) electrons. The lowest BCUT2D eigenvalue weighted by Gasteiger charge is -2.22. The van der Waals surface area contributed by atoms with Gasteiger partial charge < -0.3 is 10.5 Å². The highest BCUT2D eigenvalue weighted by atomic mass is 16.5. The fourth-order valence-corrected chi connectivity index (χ4v) is 4.41. The van der Waals surface area contributed by atoms with Gasteiger partial charge >= 0.3 is 11.7 Å². The molecule has 2 aromatic heterocycles. The maximum absolute atomic E-state index is 13.5. The average Bonchev–Trinajstić information content (AvgIpc) is 3.05. The molecule has 0 aliphatic heterocycles. The molecule has 1 saturated carbocycles. The topological polar surface area (TPSA) is 122 Å². The molecule has 1 fully saturated rings. The second-order valence-corrected chi connectivity index (χ2v) is 8.14. The molecule has 0 atom stereocenters. The van der Waals surface area contributed by atoms with Crippen LogP contribution in [-0.2, 0) is 16.1 Å². The van der Waals surface area contributed by atoms with Gasteiger partial charge in [0.2, 0.25) is 0 Å². The van der Waals surface area contributed by atoms with E-state index in [4.69, 9.17) is 15.5 Å². The quantitative estimate of drug-likeness (QED) is 0.592. The number of aromatic nitrogens is 4. The third kappa shape index (κ3) is 4.02. The summed E-state index contributed by atoms with van der Waals surface area (Å²) in [6, 6.07) is 7.51. The lowest BCUT2D eigenvalue weighted by atomic mass is 9.95. The van der Waals surface area contributed by atoms with Gasteiger partial charge in [-0.15, -0.1) is 0 Å². The Balaban J connectivity index is 2.01. The van der Waals surface area contributed by atoms with E-state index in [1.807, 2.05) is 31.2 Å². The Morgan fingerprint density at radius 2 is 1.94 bits per heavy atom. The molecule has 1 aliphatic carbocycles. The van der Waals surface area contributed by atoms with E-state index in [1.54, 1.807) is 11.5 Å². The zero-order chi connectivity index (χ0) is 22.8. The summed E-state index contributed by atoms with van der Waals surface area (Å²) in [4.78, 5) is 47.3. The molecule has 1 aliphatic rings. The summed E-state index contributed by atoms with van der Waals surface area (Å²) in [7, 11) is 0. The Hall–Kier alpha value is -3.49. The van der Waals surface area contributed by atoms with Gasteiger partial charge in [-0.1, -0.05) is 43.0 Å². The number of nitrogens with two attached hydrogens (primary N) is 1. The fourth-order valence-electron chi connectivity index (χ4n) is 4.41. The molecule has 1 amide bonds. The van der Waals surface area contributed by atoms with Crippen molar-refractivity contribution in [2.75, 3.05) is 6.61 Å². The summed E-state index contributed by atoms with van der Waals surface area (Å²) >= 11 is 0. The zero-order valence-electron chi connectivity index (χ0n) is 18.3. The van der Waals surface area contributed by atoms with Gasteiger partial charge in [0.05, 0.1) is 6.61 Å². The van der Waals surface area contributed by atoms with E-state index < -0.39 is 17.6 Å². The van der Waals surface area contributed by atoms with Gasteiger partial charge in [-0.25, -0.2) is 14.8 Å². The van der Waals surface area contributed by atoms with Crippen molar-refractivity contribution in [3.63, 3.8) is 0 Å². The number of carbonyl (C=O) groups is 2. The summed E-state index contributed by atoms with van der Waals surface area (Å²) in [6.45, 7) is 3.49. The molecule has 0 saturated heterocycles. The van der Waals surface area contributed by atoms with Crippen molar-refractivity contribution in [1.82, 2.24) is 19.1 Å². The number of hydrogen-bond donors (Lipinski definition) is 1. The number of aryl methyl sites for hydroxylation is 1. The molecule has 9 heteroatoms. The first-order valence-corrected chi connectivity index (χ1v) is 11.0. The smallest absolute Gasteiger partial charge is 0.331 e. The van der Waals surface area contributed by atoms with Crippen LogP contribution in [0.15, 0.2) is 29.1 Å². The molecule has 1 aromatic carbocycles. The maximum Gasteiger partial charge on any atom is 0.331 e. The molecule has 0 bridgehead atoms. The van der Waals surface area contributed by atoms with Gasteiger partial charge in [-0.3, -0.25) is 18.7 Å². The van der Waals surface area contributed by atoms with Crippen molar-refractivity contribution in [2.45, 2.75) is 58.5 Å². The Morgan fingerprint density at radius 1 is 1.19 bits per heavy atom. The van der Waals surface area contributed by atoms with Gasteiger partial charge in [-0.2, -0.15) is 0 Å². The summed E-state index contributed by atoms with van der Waals surface area (Å²) in [5.41, 5.74) is 7.43. The van der Waals surface area contributed by atoms with E-state index >= 15 is 0 Å². The number of esters is 1. The summed E-state index contributed by atoms with van der Waals surface area (Å²) in [5.74, 6) is -1.05. The van der Waals surface area contributed by atoms with Crippen LogP contribution in [-0.4, -0.2) is 37.6 Å². The Morgan fingerprint density at radius 3 is 2.59 bits per heavy atom. The lowest BCUT2D eigenvalue weighted by molar-refractivity contribution is -0.143. The number of benzene rings is 1. The van der Waals surface area contributed by atoms with Crippen LogP contribution in [0.4, 0.5) is 0 Å². The zero-order valence-corrected chi connectivity index (χ0v) is 18.3. The maximum atomic E-state index is 13.5. The highest BCUT2D eigenvalue weighted by molar-refractivity contribution is 6.02. The molecule has 2 heterocycles. The first kappa shape index (κ1) is 21.7. The number of hydrogen-bond acceptors (Lipinski definition) is 6. The number of amides is 1. The Bertz CT molecular complexity index is 1240. The molecule has 0 unspecified atom stereocenters. The average molecular weight is 438 g/mol. The van der Waals surface area contributed by atoms with Gasteiger partial charge in [0, 0.05) is 11.6 Å². The van der Waals surface area contributed by atoms with E-state index in [-0.39, 0.29) is 30.4 Å². The first-order valence-electron chi connectivity index (χ1n) is 11.0. The minimum Gasteiger partial charge on any atom is -0.465 e. The van der Waals surface area contributed by atoms with Gasteiger partial charge in [0.15, 0.2) is 17.2 Å². The number of nitrogens with zero attached hydrogens (tertiary/aromatic N) is 4. The molecule has 9 nitrogen and oxygen atoms in total. The molecule has 0 spiro atoms. The summed E-state index contributed by atoms with van der Waals surface area (Å²) in [6.07, 6.45) is 4.77. The third-order valence-corrected chi connectivity index (χ3v) is 5.84. The predicted molar refractivity (Wildman–Crippen MR) is 119 cm³/mol. The van der Waals surface area contributed by atoms with Crippen molar-refractivity contribution in [1.29, 1.82) is 0 Å². The van der Waals surface area contributed by atoms with Crippen molar-refractivity contribution in [2.24, 2.45) is 5.73 Å². The molecular formula is C23H27N5O4. The highest BCUT2D eigenvalue weighted by Crippen LogP contribution is 2.31. The highest BCUT2D eigenvalue weighted by Gasteiger charge is 2.28. The number of ether oxygens (including phenoxy) is 1. The van der Waals surface area contributed by atoms with Crippen LogP contribution < -0.4 is 11.4 Å². The molecule has 168 valence electrons. The molecule has 3 aromatic rings. The predicted octanol–water partition coefficient (Wildman–Crippen LogP) is 2.74. The van der Waals surface area contributed by atoms with Crippen molar-refractivity contribution < 1.29 is 14.3 Å². The lowest BCUT2D eigenvalue weighted by Crippen LogP contribution is -2.31. The van der Waals surface area contributed by atoms with Crippen LogP contribution in [0.3, 0.4) is 0 Å². The van der Waals surface area contributed by atoms with Crippen LogP contribution in [0.5, 0.6) is 0 Å². The van der Waals surface area contributed by atoms with Gasteiger partial charge in [0.1, 0.15) is 12.1 Å². The molecule has 32 heavy (non-hydrogen) atoms. The van der Waals surface area contributed by atoms with Crippen molar-refractivity contribution in [3.8, 4) is 11.4 Å². The van der Waals surface area contributed by atoms with E-state index in [9.17, 15) is 14.4 Å². The number of fused-ring (bicyclic) bond motifs is 1. The van der Waals surface area contributed by atoms with Gasteiger partial charge in [0.25, 0.3) is 5.91 Å². The summed E-state index contributed by atoms with van der Waals surface area (Å²) < 4.78 is 7.88. The molecule has 4 rings (SSSR count). The summed E-state index contributed by atoms with van der Waals surface area (Å²) in [5, 5.41) is 0. The van der Waals surface area contributed by atoms with E-state index in [0.29, 0.717) is 11.5 Å².